The Balaban J connectivity index is 1.78. The molecule has 0 atom stereocenters. The highest BCUT2D eigenvalue weighted by Crippen LogP contribution is 2.38. The van der Waals surface area contributed by atoms with E-state index in [0.717, 1.165) is 17.8 Å². The molecule has 1 amide bonds. The van der Waals surface area contributed by atoms with Gasteiger partial charge in [0, 0.05) is 35.8 Å². The smallest absolute Gasteiger partial charge is 0.337 e. The number of hydrogen-bond donors (Lipinski definition) is 2. The quantitative estimate of drug-likeness (QED) is 0.458. The Morgan fingerprint density at radius 2 is 1.75 bits per heavy atom. The summed E-state index contributed by atoms with van der Waals surface area (Å²) in [7, 11) is 5.38. The molecule has 0 aliphatic carbocycles. The molecule has 0 unspecified atom stereocenters. The number of carbonyl (C=O) groups excluding carboxylic acids is 2. The van der Waals surface area contributed by atoms with Crippen LogP contribution in [0.25, 0.3) is 11.3 Å². The van der Waals surface area contributed by atoms with E-state index >= 15 is 0 Å². The molecule has 2 N–H and O–H groups in total. The fourth-order valence-electron chi connectivity index (χ4n) is 3.67. The Morgan fingerprint density at radius 3 is 2.41 bits per heavy atom. The van der Waals surface area contributed by atoms with Gasteiger partial charge in [-0.2, -0.15) is 0 Å². The van der Waals surface area contributed by atoms with Crippen LogP contribution in [0.5, 0.6) is 0 Å². The number of carbonyl (C=O) groups is 2. The minimum absolute atomic E-state index is 0.245. The molecule has 0 spiro atoms. The zero-order valence-corrected chi connectivity index (χ0v) is 18.2. The molecule has 2 heterocycles. The topological polar surface area (TPSA) is 83.6 Å². The maximum atomic E-state index is 13.0. The lowest BCUT2D eigenvalue weighted by Crippen LogP contribution is -2.11. The maximum Gasteiger partial charge on any atom is 0.337 e. The largest absolute Gasteiger partial charge is 0.465 e. The lowest BCUT2D eigenvalue weighted by atomic mass is 9.99. The van der Waals surface area contributed by atoms with Gasteiger partial charge in [-0.15, -0.1) is 0 Å². The van der Waals surface area contributed by atoms with Crippen LogP contribution >= 0.6 is 0 Å². The number of hydrogen-bond acceptors (Lipinski definition) is 6. The minimum Gasteiger partial charge on any atom is -0.465 e. The van der Waals surface area contributed by atoms with Crippen molar-refractivity contribution < 1.29 is 14.3 Å². The molecular weight excluding hydrogens is 404 g/mol. The number of aromatic nitrogens is 1. The second-order valence-electron chi connectivity index (χ2n) is 7.75. The molecule has 0 bridgehead atoms. The highest BCUT2D eigenvalue weighted by Gasteiger charge is 2.29. The van der Waals surface area contributed by atoms with Crippen molar-refractivity contribution in [2.24, 2.45) is 0 Å². The fourth-order valence-corrected chi connectivity index (χ4v) is 3.67. The molecule has 1 aliphatic rings. The Kier molecular flexibility index (Phi) is 6.00. The van der Waals surface area contributed by atoms with E-state index < -0.39 is 5.97 Å². The van der Waals surface area contributed by atoms with E-state index in [1.54, 1.807) is 30.6 Å². The summed E-state index contributed by atoms with van der Waals surface area (Å²) in [6.07, 6.45) is 3.37. The van der Waals surface area contributed by atoms with E-state index in [1.165, 1.54) is 12.7 Å². The number of benzene rings is 2. The SMILES string of the molecule is COC(=O)c1ccc2c(c1)NC(=O)/C2=C(\Nc1ccc(CN(C)C)cc1)c1ccncc1. The molecular formula is C25H24N4O3. The molecule has 1 aromatic heterocycles. The summed E-state index contributed by atoms with van der Waals surface area (Å²) in [4.78, 5) is 31.1. The number of fused-ring (bicyclic) bond motifs is 1. The number of pyridine rings is 1. The first-order chi connectivity index (χ1) is 15.5. The molecule has 7 nitrogen and oxygen atoms in total. The summed E-state index contributed by atoms with van der Waals surface area (Å²) < 4.78 is 4.79. The standard InChI is InChI=1S/C25H24N4O3/c1-29(2)15-16-4-7-19(8-5-16)27-23(17-10-12-26-13-11-17)22-20-9-6-18(25(31)32-3)14-21(20)28-24(22)30/h4-14,27H,15H2,1-3H3,(H,28,30)/b23-22-. The Labute approximate surface area is 186 Å². The zero-order valence-electron chi connectivity index (χ0n) is 18.2. The van der Waals surface area contributed by atoms with Gasteiger partial charge < -0.3 is 20.3 Å². The second-order valence-corrected chi connectivity index (χ2v) is 7.75. The van der Waals surface area contributed by atoms with E-state index in [2.05, 4.69) is 32.7 Å². The summed E-state index contributed by atoms with van der Waals surface area (Å²) in [5.74, 6) is -0.699. The van der Waals surface area contributed by atoms with E-state index in [0.29, 0.717) is 28.1 Å². The number of ether oxygens (including phenoxy) is 1. The number of nitrogens with zero attached hydrogens (tertiary/aromatic N) is 2. The number of rotatable bonds is 6. The number of esters is 1. The zero-order chi connectivity index (χ0) is 22.7. The Bertz CT molecular complexity index is 1190. The highest BCUT2D eigenvalue weighted by atomic mass is 16.5. The molecule has 7 heteroatoms. The van der Waals surface area contributed by atoms with Crippen molar-refractivity contribution in [3.63, 3.8) is 0 Å². The maximum absolute atomic E-state index is 13.0. The van der Waals surface area contributed by atoms with Crippen LogP contribution < -0.4 is 10.6 Å². The molecule has 0 saturated heterocycles. The molecule has 0 radical (unpaired) electrons. The second kappa shape index (κ2) is 9.03. The van der Waals surface area contributed by atoms with Crippen molar-refractivity contribution in [2.45, 2.75) is 6.54 Å². The fraction of sp³-hybridized carbons (Fsp3) is 0.160. The van der Waals surface area contributed by atoms with Crippen molar-refractivity contribution in [1.29, 1.82) is 0 Å². The first kappa shape index (κ1) is 21.3. The van der Waals surface area contributed by atoms with Gasteiger partial charge in [0.05, 0.1) is 29.6 Å². The van der Waals surface area contributed by atoms with Crippen molar-refractivity contribution in [1.82, 2.24) is 9.88 Å². The summed E-state index contributed by atoms with van der Waals surface area (Å²) in [6.45, 7) is 0.844. The Hall–Kier alpha value is -3.97. The molecule has 3 aromatic rings. The lowest BCUT2D eigenvalue weighted by Gasteiger charge is -2.16. The minimum atomic E-state index is -0.454. The molecule has 2 aromatic carbocycles. The van der Waals surface area contributed by atoms with E-state index in [1.807, 2.05) is 38.4 Å². The van der Waals surface area contributed by atoms with Gasteiger partial charge in [0.15, 0.2) is 0 Å². The number of amides is 1. The van der Waals surface area contributed by atoms with Crippen molar-refractivity contribution in [2.75, 3.05) is 31.8 Å². The van der Waals surface area contributed by atoms with Gasteiger partial charge in [-0.05, 0) is 56.1 Å². The van der Waals surface area contributed by atoms with Gasteiger partial charge in [-0.1, -0.05) is 18.2 Å². The van der Waals surface area contributed by atoms with Crippen LogP contribution in [-0.2, 0) is 16.1 Å². The van der Waals surface area contributed by atoms with Crippen LogP contribution in [0.4, 0.5) is 11.4 Å². The van der Waals surface area contributed by atoms with Crippen LogP contribution in [0.2, 0.25) is 0 Å². The third kappa shape index (κ3) is 4.38. The van der Waals surface area contributed by atoms with Crippen molar-refractivity contribution in [3.8, 4) is 0 Å². The normalized spacial score (nSPS) is 14.1. The van der Waals surface area contributed by atoms with Gasteiger partial charge in [0.1, 0.15) is 0 Å². The van der Waals surface area contributed by atoms with Gasteiger partial charge in [-0.3, -0.25) is 9.78 Å². The predicted molar refractivity (Wildman–Crippen MR) is 125 cm³/mol. The van der Waals surface area contributed by atoms with E-state index in [9.17, 15) is 9.59 Å². The lowest BCUT2D eigenvalue weighted by molar-refractivity contribution is -0.110. The molecule has 0 saturated carbocycles. The number of anilines is 2. The van der Waals surface area contributed by atoms with Crippen LogP contribution in [-0.4, -0.2) is 43.0 Å². The van der Waals surface area contributed by atoms with Gasteiger partial charge >= 0.3 is 5.97 Å². The van der Waals surface area contributed by atoms with Crippen LogP contribution in [0.15, 0.2) is 67.0 Å². The summed E-state index contributed by atoms with van der Waals surface area (Å²) in [6, 6.07) is 16.9. The van der Waals surface area contributed by atoms with Gasteiger partial charge in [-0.25, -0.2) is 4.79 Å². The average molecular weight is 428 g/mol. The summed E-state index contributed by atoms with van der Waals surface area (Å²) in [5.41, 5.74) is 5.70. The number of methoxy groups -OCH3 is 1. The van der Waals surface area contributed by atoms with Crippen LogP contribution in [0.3, 0.4) is 0 Å². The Morgan fingerprint density at radius 1 is 1.03 bits per heavy atom. The highest BCUT2D eigenvalue weighted by molar-refractivity contribution is 6.37. The average Bonchev–Trinajstić information content (AvgIpc) is 3.13. The van der Waals surface area contributed by atoms with E-state index in [-0.39, 0.29) is 5.91 Å². The molecule has 1 aliphatic heterocycles. The third-order valence-corrected chi connectivity index (χ3v) is 5.13. The summed E-state index contributed by atoms with van der Waals surface area (Å²) in [5, 5.41) is 6.29. The van der Waals surface area contributed by atoms with Crippen LogP contribution in [0, 0.1) is 0 Å². The van der Waals surface area contributed by atoms with Crippen LogP contribution in [0.1, 0.15) is 27.0 Å². The monoisotopic (exact) mass is 428 g/mol. The van der Waals surface area contributed by atoms with Crippen molar-refractivity contribution >= 4 is 34.5 Å². The number of nitrogens with one attached hydrogen (secondary N) is 2. The third-order valence-electron chi connectivity index (χ3n) is 5.13. The first-order valence-corrected chi connectivity index (χ1v) is 10.2. The molecule has 32 heavy (non-hydrogen) atoms. The van der Waals surface area contributed by atoms with Gasteiger partial charge in [0.2, 0.25) is 0 Å². The molecule has 0 fully saturated rings. The predicted octanol–water partition coefficient (Wildman–Crippen LogP) is 3.86. The molecule has 162 valence electrons. The molecule has 4 rings (SSSR count). The van der Waals surface area contributed by atoms with Gasteiger partial charge in [0.25, 0.3) is 5.91 Å². The first-order valence-electron chi connectivity index (χ1n) is 10.2. The summed E-state index contributed by atoms with van der Waals surface area (Å²) >= 11 is 0. The van der Waals surface area contributed by atoms with Crippen molar-refractivity contribution in [3.05, 3.63) is 89.2 Å². The van der Waals surface area contributed by atoms with E-state index in [4.69, 9.17) is 4.74 Å².